The van der Waals surface area contributed by atoms with Crippen molar-refractivity contribution in [3.8, 4) is 11.5 Å². The molecule has 116 valence electrons. The predicted octanol–water partition coefficient (Wildman–Crippen LogP) is 2.49. The number of nitrogens with zero attached hydrogens (tertiary/aromatic N) is 2. The lowest BCUT2D eigenvalue weighted by molar-refractivity contribution is 0.172. The summed E-state index contributed by atoms with van der Waals surface area (Å²) in [7, 11) is 0. The van der Waals surface area contributed by atoms with Crippen LogP contribution in [0.25, 0.3) is 11.0 Å². The number of fused-ring (bicyclic) bond motifs is 2. The van der Waals surface area contributed by atoms with E-state index in [-0.39, 0.29) is 0 Å². The maximum atomic E-state index is 5.70. The molecule has 0 spiro atoms. The molecule has 6 heteroatoms. The Bertz CT molecular complexity index is 904. The van der Waals surface area contributed by atoms with Crippen LogP contribution in [0.1, 0.15) is 11.1 Å². The van der Waals surface area contributed by atoms with Gasteiger partial charge in [-0.3, -0.25) is 0 Å². The molecule has 0 saturated heterocycles. The van der Waals surface area contributed by atoms with Crippen molar-refractivity contribution in [2.45, 2.75) is 6.54 Å². The number of benzene rings is 2. The standard InChI is InChI=1S/C17H15N3O2S/c18-17(23)12-3-1-2-11(6-12)9-20-10-19-13-7-15-16(8-14(13)20)22-5-4-21-15/h1-3,6-8,10H,4-5,9H2,(H2,18,23). The zero-order chi connectivity index (χ0) is 15.8. The van der Waals surface area contributed by atoms with Crippen molar-refractivity contribution in [1.82, 2.24) is 9.55 Å². The summed E-state index contributed by atoms with van der Waals surface area (Å²) in [6.07, 6.45) is 1.82. The summed E-state index contributed by atoms with van der Waals surface area (Å²) in [5.41, 5.74) is 9.59. The van der Waals surface area contributed by atoms with Crippen molar-refractivity contribution in [2.24, 2.45) is 5.73 Å². The Morgan fingerprint density at radius 2 is 1.96 bits per heavy atom. The first kappa shape index (κ1) is 14.0. The van der Waals surface area contributed by atoms with Crippen LogP contribution in [0.15, 0.2) is 42.7 Å². The van der Waals surface area contributed by atoms with Gasteiger partial charge < -0.3 is 19.8 Å². The molecule has 0 unspecified atom stereocenters. The van der Waals surface area contributed by atoms with E-state index >= 15 is 0 Å². The van der Waals surface area contributed by atoms with Crippen LogP contribution in [0.3, 0.4) is 0 Å². The predicted molar refractivity (Wildman–Crippen MR) is 92.2 cm³/mol. The molecule has 0 saturated carbocycles. The van der Waals surface area contributed by atoms with Crippen molar-refractivity contribution in [3.05, 3.63) is 53.9 Å². The van der Waals surface area contributed by atoms with E-state index in [9.17, 15) is 0 Å². The van der Waals surface area contributed by atoms with Gasteiger partial charge in [0.15, 0.2) is 11.5 Å². The summed E-state index contributed by atoms with van der Waals surface area (Å²) in [6.45, 7) is 1.83. The minimum absolute atomic E-state index is 0.405. The second kappa shape index (κ2) is 5.55. The van der Waals surface area contributed by atoms with E-state index in [1.165, 1.54) is 0 Å². The van der Waals surface area contributed by atoms with Gasteiger partial charge in [-0.1, -0.05) is 30.4 Å². The van der Waals surface area contributed by atoms with Gasteiger partial charge in [-0.25, -0.2) is 4.98 Å². The quantitative estimate of drug-likeness (QED) is 0.750. The van der Waals surface area contributed by atoms with Crippen LogP contribution >= 0.6 is 12.2 Å². The molecule has 0 bridgehead atoms. The molecule has 2 N–H and O–H groups in total. The molecule has 1 aliphatic heterocycles. The van der Waals surface area contributed by atoms with Gasteiger partial charge in [-0.2, -0.15) is 0 Å². The van der Waals surface area contributed by atoms with Crippen molar-refractivity contribution >= 4 is 28.2 Å². The second-order valence-corrected chi connectivity index (χ2v) is 5.86. The first-order chi connectivity index (χ1) is 11.2. The van der Waals surface area contributed by atoms with Crippen LogP contribution in [0.4, 0.5) is 0 Å². The average molecular weight is 325 g/mol. The highest BCUT2D eigenvalue weighted by molar-refractivity contribution is 7.80. The molecule has 2 heterocycles. The molecule has 5 nitrogen and oxygen atoms in total. The number of thiocarbonyl (C=S) groups is 1. The number of rotatable bonds is 3. The molecule has 0 radical (unpaired) electrons. The van der Waals surface area contributed by atoms with Gasteiger partial charge >= 0.3 is 0 Å². The number of aromatic nitrogens is 2. The van der Waals surface area contributed by atoms with Crippen LogP contribution < -0.4 is 15.2 Å². The summed E-state index contributed by atoms with van der Waals surface area (Å²) in [5, 5.41) is 0. The lowest BCUT2D eigenvalue weighted by Gasteiger charge is -2.18. The van der Waals surface area contributed by atoms with E-state index in [0.29, 0.717) is 24.7 Å². The number of hydrogen-bond donors (Lipinski definition) is 1. The van der Waals surface area contributed by atoms with Gasteiger partial charge in [-0.05, 0) is 11.6 Å². The number of nitrogens with two attached hydrogens (primary N) is 1. The fraction of sp³-hybridized carbons (Fsp3) is 0.176. The third-order valence-corrected chi connectivity index (χ3v) is 4.09. The Kier molecular flexibility index (Phi) is 3.38. The summed E-state index contributed by atoms with van der Waals surface area (Å²) in [4.78, 5) is 4.86. The van der Waals surface area contributed by atoms with E-state index in [1.807, 2.05) is 42.7 Å². The third-order valence-electron chi connectivity index (χ3n) is 3.85. The molecule has 0 fully saturated rings. The Hall–Kier alpha value is -2.60. The van der Waals surface area contributed by atoms with Crippen molar-refractivity contribution in [2.75, 3.05) is 13.2 Å². The molecule has 1 aliphatic rings. The second-order valence-electron chi connectivity index (χ2n) is 5.42. The highest BCUT2D eigenvalue weighted by Gasteiger charge is 2.15. The molecule has 3 aromatic rings. The minimum Gasteiger partial charge on any atom is -0.486 e. The molecular weight excluding hydrogens is 310 g/mol. The first-order valence-electron chi connectivity index (χ1n) is 7.34. The van der Waals surface area contributed by atoms with Crippen LogP contribution in [0.2, 0.25) is 0 Å². The summed E-state index contributed by atoms with van der Waals surface area (Å²) < 4.78 is 13.3. The fourth-order valence-electron chi connectivity index (χ4n) is 2.74. The zero-order valence-corrected chi connectivity index (χ0v) is 13.2. The largest absolute Gasteiger partial charge is 0.486 e. The van der Waals surface area contributed by atoms with Crippen LogP contribution in [0.5, 0.6) is 11.5 Å². The Morgan fingerprint density at radius 1 is 1.17 bits per heavy atom. The van der Waals surface area contributed by atoms with E-state index in [0.717, 1.165) is 33.7 Å². The van der Waals surface area contributed by atoms with Crippen LogP contribution in [0, 0.1) is 0 Å². The topological polar surface area (TPSA) is 62.3 Å². The highest BCUT2D eigenvalue weighted by Crippen LogP contribution is 2.34. The molecule has 0 aliphatic carbocycles. The highest BCUT2D eigenvalue weighted by atomic mass is 32.1. The van der Waals surface area contributed by atoms with E-state index < -0.39 is 0 Å². The molecule has 2 aromatic carbocycles. The number of hydrogen-bond acceptors (Lipinski definition) is 4. The SMILES string of the molecule is NC(=S)c1cccc(Cn2cnc3cc4c(cc32)OCCO4)c1. The smallest absolute Gasteiger partial charge is 0.163 e. The molecule has 1 aromatic heterocycles. The van der Waals surface area contributed by atoms with E-state index in [4.69, 9.17) is 27.4 Å². The fourth-order valence-corrected chi connectivity index (χ4v) is 2.87. The molecule has 0 amide bonds. The average Bonchev–Trinajstić information content (AvgIpc) is 2.95. The lowest BCUT2D eigenvalue weighted by atomic mass is 10.1. The van der Waals surface area contributed by atoms with Crippen molar-refractivity contribution in [3.63, 3.8) is 0 Å². The Balaban J connectivity index is 1.72. The van der Waals surface area contributed by atoms with Crippen molar-refractivity contribution in [1.29, 1.82) is 0 Å². The molecule has 23 heavy (non-hydrogen) atoms. The van der Waals surface area contributed by atoms with Gasteiger partial charge in [0.2, 0.25) is 0 Å². The van der Waals surface area contributed by atoms with Crippen LogP contribution in [-0.4, -0.2) is 27.8 Å². The normalized spacial score (nSPS) is 13.2. The minimum atomic E-state index is 0.405. The van der Waals surface area contributed by atoms with Crippen LogP contribution in [-0.2, 0) is 6.54 Å². The van der Waals surface area contributed by atoms with Gasteiger partial charge in [0.05, 0.1) is 17.4 Å². The van der Waals surface area contributed by atoms with Gasteiger partial charge in [0.25, 0.3) is 0 Å². The lowest BCUT2D eigenvalue weighted by Crippen LogP contribution is -2.15. The van der Waals surface area contributed by atoms with Crippen molar-refractivity contribution < 1.29 is 9.47 Å². The molecular formula is C17H15N3O2S. The summed E-state index contributed by atoms with van der Waals surface area (Å²) in [5.74, 6) is 1.52. The van der Waals surface area contributed by atoms with Gasteiger partial charge in [0.1, 0.15) is 18.2 Å². The zero-order valence-electron chi connectivity index (χ0n) is 12.4. The van der Waals surface area contributed by atoms with Gasteiger partial charge in [0, 0.05) is 24.2 Å². The number of imidazole rings is 1. The summed E-state index contributed by atoms with van der Waals surface area (Å²) in [6, 6.07) is 11.8. The van der Waals surface area contributed by atoms with Gasteiger partial charge in [-0.15, -0.1) is 0 Å². The van der Waals surface area contributed by atoms with E-state index in [2.05, 4.69) is 9.55 Å². The maximum absolute atomic E-state index is 5.70. The Labute approximate surface area is 138 Å². The maximum Gasteiger partial charge on any atom is 0.163 e. The molecule has 4 rings (SSSR count). The molecule has 0 atom stereocenters. The van der Waals surface area contributed by atoms with E-state index in [1.54, 1.807) is 0 Å². The Morgan fingerprint density at radius 3 is 2.74 bits per heavy atom. The number of ether oxygens (including phenoxy) is 2. The third kappa shape index (κ3) is 2.61. The summed E-state index contributed by atoms with van der Waals surface area (Å²) >= 11 is 5.04. The monoisotopic (exact) mass is 325 g/mol. The first-order valence-corrected chi connectivity index (χ1v) is 7.75.